The third-order valence-corrected chi connectivity index (χ3v) is 4.37. The van der Waals surface area contributed by atoms with E-state index in [1.807, 2.05) is 11.8 Å². The molecular formula is C13H24IN3S. The maximum Gasteiger partial charge on any atom is 0.191 e. The highest BCUT2D eigenvalue weighted by Crippen LogP contribution is 2.19. The van der Waals surface area contributed by atoms with Gasteiger partial charge in [-0.1, -0.05) is 11.6 Å². The summed E-state index contributed by atoms with van der Waals surface area (Å²) in [5, 5.41) is 0. The average Bonchev–Trinajstić information content (AvgIpc) is 2.41. The van der Waals surface area contributed by atoms with E-state index in [0.717, 1.165) is 32.0 Å². The highest BCUT2D eigenvalue weighted by Gasteiger charge is 2.11. The van der Waals surface area contributed by atoms with Crippen molar-refractivity contribution < 1.29 is 0 Å². The van der Waals surface area contributed by atoms with Crippen molar-refractivity contribution in [1.82, 2.24) is 4.90 Å². The summed E-state index contributed by atoms with van der Waals surface area (Å²) >= 11 is 2.00. The number of halogens is 1. The maximum atomic E-state index is 6.01. The summed E-state index contributed by atoms with van der Waals surface area (Å²) in [6.45, 7) is 2.98. The first-order valence-corrected chi connectivity index (χ1v) is 7.82. The molecule has 0 bridgehead atoms. The van der Waals surface area contributed by atoms with Gasteiger partial charge in [0, 0.05) is 31.1 Å². The van der Waals surface area contributed by atoms with Gasteiger partial charge in [0.25, 0.3) is 0 Å². The van der Waals surface area contributed by atoms with Crippen molar-refractivity contribution in [2.75, 3.05) is 31.1 Å². The lowest BCUT2D eigenvalue weighted by Gasteiger charge is -2.27. The number of nitrogens with two attached hydrogens (primary N) is 1. The Labute approximate surface area is 132 Å². The minimum atomic E-state index is 0. The summed E-state index contributed by atoms with van der Waals surface area (Å²) in [5.74, 6) is 3.12. The van der Waals surface area contributed by atoms with E-state index in [1.54, 1.807) is 5.57 Å². The van der Waals surface area contributed by atoms with Crippen molar-refractivity contribution in [3.63, 3.8) is 0 Å². The molecular weight excluding hydrogens is 357 g/mol. The molecule has 2 rings (SSSR count). The van der Waals surface area contributed by atoms with E-state index in [4.69, 9.17) is 5.73 Å². The Morgan fingerprint density at radius 2 is 2.11 bits per heavy atom. The minimum absolute atomic E-state index is 0. The second kappa shape index (κ2) is 9.07. The van der Waals surface area contributed by atoms with Crippen LogP contribution in [0.1, 0.15) is 32.1 Å². The van der Waals surface area contributed by atoms with E-state index < -0.39 is 0 Å². The van der Waals surface area contributed by atoms with Crippen LogP contribution in [0.4, 0.5) is 0 Å². The monoisotopic (exact) mass is 381 g/mol. The summed E-state index contributed by atoms with van der Waals surface area (Å²) in [5.41, 5.74) is 7.60. The van der Waals surface area contributed by atoms with Gasteiger partial charge in [-0.25, -0.2) is 0 Å². The fourth-order valence-corrected chi connectivity index (χ4v) is 3.24. The first kappa shape index (κ1) is 16.1. The molecule has 0 spiro atoms. The van der Waals surface area contributed by atoms with E-state index in [9.17, 15) is 0 Å². The lowest BCUT2D eigenvalue weighted by atomic mass is 9.97. The average molecular weight is 381 g/mol. The predicted octanol–water partition coefficient (Wildman–Crippen LogP) is 2.86. The molecule has 0 saturated carbocycles. The van der Waals surface area contributed by atoms with Crippen molar-refractivity contribution in [2.45, 2.75) is 32.1 Å². The molecule has 0 aromatic carbocycles. The summed E-state index contributed by atoms with van der Waals surface area (Å²) in [7, 11) is 0. The van der Waals surface area contributed by atoms with Crippen LogP contribution < -0.4 is 5.73 Å². The predicted molar refractivity (Wildman–Crippen MR) is 92.0 cm³/mol. The zero-order valence-corrected chi connectivity index (χ0v) is 14.1. The molecule has 0 atom stereocenters. The Hall–Kier alpha value is 0.0900. The molecule has 1 aliphatic heterocycles. The number of allylic oxidation sites excluding steroid dienone is 1. The molecule has 3 nitrogen and oxygen atoms in total. The molecule has 0 aromatic rings. The fraction of sp³-hybridized carbons (Fsp3) is 0.769. The van der Waals surface area contributed by atoms with Crippen LogP contribution in [0.2, 0.25) is 0 Å². The first-order chi connectivity index (χ1) is 8.36. The van der Waals surface area contributed by atoms with Crippen LogP contribution in [-0.4, -0.2) is 42.0 Å². The summed E-state index contributed by atoms with van der Waals surface area (Å²) in [4.78, 5) is 6.73. The number of thioether (sulfide) groups is 1. The van der Waals surface area contributed by atoms with Gasteiger partial charge in [-0.05, 0) is 32.1 Å². The van der Waals surface area contributed by atoms with E-state index >= 15 is 0 Å². The van der Waals surface area contributed by atoms with Gasteiger partial charge in [-0.3, -0.25) is 4.99 Å². The number of guanidine groups is 1. The topological polar surface area (TPSA) is 41.6 Å². The minimum Gasteiger partial charge on any atom is -0.370 e. The third kappa shape index (κ3) is 5.38. The largest absolute Gasteiger partial charge is 0.370 e. The van der Waals surface area contributed by atoms with Crippen LogP contribution in [0, 0.1) is 0 Å². The second-order valence-corrected chi connectivity index (χ2v) is 5.92. The van der Waals surface area contributed by atoms with Gasteiger partial charge < -0.3 is 10.6 Å². The highest BCUT2D eigenvalue weighted by atomic mass is 127. The van der Waals surface area contributed by atoms with Crippen molar-refractivity contribution in [1.29, 1.82) is 0 Å². The normalized spacial score (nSPS) is 21.2. The van der Waals surface area contributed by atoms with Crippen LogP contribution in [0.25, 0.3) is 0 Å². The van der Waals surface area contributed by atoms with E-state index in [2.05, 4.69) is 16.0 Å². The van der Waals surface area contributed by atoms with Crippen molar-refractivity contribution in [2.24, 2.45) is 10.7 Å². The Balaban J connectivity index is 0.00000162. The van der Waals surface area contributed by atoms with E-state index in [1.165, 1.54) is 37.2 Å². The van der Waals surface area contributed by atoms with Crippen LogP contribution in [0.5, 0.6) is 0 Å². The molecule has 0 amide bonds. The Morgan fingerprint density at radius 3 is 2.78 bits per heavy atom. The maximum absolute atomic E-state index is 6.01. The van der Waals surface area contributed by atoms with E-state index in [-0.39, 0.29) is 24.0 Å². The number of nitrogens with zero attached hydrogens (tertiary/aromatic N) is 2. The summed E-state index contributed by atoms with van der Waals surface area (Å²) < 4.78 is 0. The van der Waals surface area contributed by atoms with Gasteiger partial charge in [0.05, 0.1) is 0 Å². The fourth-order valence-electron chi connectivity index (χ4n) is 2.34. The zero-order valence-electron chi connectivity index (χ0n) is 10.9. The molecule has 1 heterocycles. The van der Waals surface area contributed by atoms with Crippen molar-refractivity contribution >= 4 is 41.7 Å². The lowest BCUT2D eigenvalue weighted by molar-refractivity contribution is 0.456. The molecule has 2 N–H and O–H groups in total. The van der Waals surface area contributed by atoms with Gasteiger partial charge in [0.2, 0.25) is 0 Å². The molecule has 0 radical (unpaired) electrons. The van der Waals surface area contributed by atoms with E-state index in [0.29, 0.717) is 0 Å². The lowest BCUT2D eigenvalue weighted by Crippen LogP contribution is -2.42. The van der Waals surface area contributed by atoms with Crippen LogP contribution in [0.15, 0.2) is 16.6 Å². The Bertz CT molecular complexity index is 299. The summed E-state index contributed by atoms with van der Waals surface area (Å²) in [6.07, 6.45) is 8.75. The standard InChI is InChI=1S/C13H23N3S.HI/c14-13(16-8-10-17-11-9-16)15-7-6-12-4-2-1-3-5-12;/h4H,1-3,5-11H2,(H2,14,15);1H. The molecule has 5 heteroatoms. The number of hydrogen-bond donors (Lipinski definition) is 1. The molecule has 18 heavy (non-hydrogen) atoms. The van der Waals surface area contributed by atoms with Gasteiger partial charge >= 0.3 is 0 Å². The summed E-state index contributed by atoms with van der Waals surface area (Å²) in [6, 6.07) is 0. The van der Waals surface area contributed by atoms with Gasteiger partial charge in [-0.2, -0.15) is 11.8 Å². The molecule has 1 aliphatic carbocycles. The SMILES string of the molecule is I.NC(=NCCC1=CCCCC1)N1CCSCC1. The van der Waals surface area contributed by atoms with Crippen LogP contribution >= 0.6 is 35.7 Å². The van der Waals surface area contributed by atoms with Gasteiger partial charge in [0.15, 0.2) is 5.96 Å². The number of rotatable bonds is 3. The Kier molecular flexibility index (Phi) is 8.13. The first-order valence-electron chi connectivity index (χ1n) is 6.67. The molecule has 104 valence electrons. The van der Waals surface area contributed by atoms with Crippen LogP contribution in [-0.2, 0) is 0 Å². The quantitative estimate of drug-likeness (QED) is 0.354. The third-order valence-electron chi connectivity index (χ3n) is 3.43. The zero-order chi connectivity index (χ0) is 11.9. The van der Waals surface area contributed by atoms with Crippen molar-refractivity contribution in [3.05, 3.63) is 11.6 Å². The van der Waals surface area contributed by atoms with Crippen molar-refractivity contribution in [3.8, 4) is 0 Å². The molecule has 2 aliphatic rings. The highest BCUT2D eigenvalue weighted by molar-refractivity contribution is 14.0. The van der Waals surface area contributed by atoms with Crippen LogP contribution in [0.3, 0.4) is 0 Å². The molecule has 0 aromatic heterocycles. The molecule has 1 saturated heterocycles. The smallest absolute Gasteiger partial charge is 0.191 e. The Morgan fingerprint density at radius 1 is 1.33 bits per heavy atom. The van der Waals surface area contributed by atoms with Gasteiger partial charge in [-0.15, -0.1) is 24.0 Å². The molecule has 1 fully saturated rings. The second-order valence-electron chi connectivity index (χ2n) is 4.70. The molecule has 0 unspecified atom stereocenters. The number of aliphatic imine (C=N–C) groups is 1. The number of hydrogen-bond acceptors (Lipinski definition) is 2. The van der Waals surface area contributed by atoms with Gasteiger partial charge in [0.1, 0.15) is 0 Å².